The minimum atomic E-state index is -0.151. The van der Waals surface area contributed by atoms with Crippen molar-refractivity contribution < 1.29 is 14.3 Å². The van der Waals surface area contributed by atoms with Gasteiger partial charge in [0.25, 0.3) is 0 Å². The number of likely N-dealkylation sites (tertiary alicyclic amines) is 1. The van der Waals surface area contributed by atoms with Gasteiger partial charge in [-0.25, -0.2) is 0 Å². The van der Waals surface area contributed by atoms with Gasteiger partial charge in [-0.3, -0.25) is 9.69 Å². The van der Waals surface area contributed by atoms with Gasteiger partial charge in [-0.2, -0.15) is 0 Å². The zero-order valence-electron chi connectivity index (χ0n) is 13.6. The maximum Gasteiger partial charge on any atom is 0.234 e. The van der Waals surface area contributed by atoms with E-state index in [0.717, 1.165) is 31.0 Å². The summed E-state index contributed by atoms with van der Waals surface area (Å²) in [5.74, 6) is 1.51. The third kappa shape index (κ3) is 3.95. The Morgan fingerprint density at radius 3 is 2.96 bits per heavy atom. The summed E-state index contributed by atoms with van der Waals surface area (Å²) >= 11 is 0. The summed E-state index contributed by atoms with van der Waals surface area (Å²) in [7, 11) is 0. The van der Waals surface area contributed by atoms with E-state index in [4.69, 9.17) is 15.2 Å². The molecule has 2 atom stereocenters. The van der Waals surface area contributed by atoms with Gasteiger partial charge in [0, 0.05) is 6.54 Å². The smallest absolute Gasteiger partial charge is 0.234 e. The normalized spacial score (nSPS) is 27.0. The van der Waals surface area contributed by atoms with Crippen LogP contribution in [0.3, 0.4) is 0 Å². The first kappa shape index (κ1) is 16.1. The van der Waals surface area contributed by atoms with E-state index in [0.29, 0.717) is 26.2 Å². The number of nitrogens with two attached hydrogens (primary N) is 1. The SMILES string of the molecule is CC1(CN)CCN(CC(=O)NCC2COc3ccccc3O2)C1. The first-order valence-corrected chi connectivity index (χ1v) is 8.16. The van der Waals surface area contributed by atoms with Crippen molar-refractivity contribution in [2.24, 2.45) is 11.1 Å². The van der Waals surface area contributed by atoms with E-state index >= 15 is 0 Å². The predicted molar refractivity (Wildman–Crippen MR) is 87.6 cm³/mol. The van der Waals surface area contributed by atoms with E-state index in [2.05, 4.69) is 17.1 Å². The molecule has 0 aliphatic carbocycles. The lowest BCUT2D eigenvalue weighted by molar-refractivity contribution is -0.122. The number of fused-ring (bicyclic) bond motifs is 1. The van der Waals surface area contributed by atoms with Crippen molar-refractivity contribution in [3.8, 4) is 11.5 Å². The second-order valence-corrected chi connectivity index (χ2v) is 6.78. The van der Waals surface area contributed by atoms with Crippen LogP contribution in [0.1, 0.15) is 13.3 Å². The van der Waals surface area contributed by atoms with Gasteiger partial charge in [-0.15, -0.1) is 0 Å². The van der Waals surface area contributed by atoms with Crippen molar-refractivity contribution in [1.29, 1.82) is 0 Å². The molecular formula is C17H25N3O3. The van der Waals surface area contributed by atoms with Crippen LogP contribution in [0.4, 0.5) is 0 Å². The Hall–Kier alpha value is -1.79. The quantitative estimate of drug-likeness (QED) is 0.832. The Kier molecular flexibility index (Phi) is 4.73. The maximum atomic E-state index is 12.1. The molecule has 2 aliphatic heterocycles. The third-order valence-electron chi connectivity index (χ3n) is 4.59. The third-order valence-corrected chi connectivity index (χ3v) is 4.59. The molecule has 6 heteroatoms. The van der Waals surface area contributed by atoms with Crippen molar-refractivity contribution in [3.63, 3.8) is 0 Å². The van der Waals surface area contributed by atoms with Crippen LogP contribution >= 0.6 is 0 Å². The van der Waals surface area contributed by atoms with E-state index in [9.17, 15) is 4.79 Å². The average molecular weight is 319 g/mol. The highest BCUT2D eigenvalue weighted by Crippen LogP contribution is 2.30. The van der Waals surface area contributed by atoms with Gasteiger partial charge in [0.15, 0.2) is 11.5 Å². The van der Waals surface area contributed by atoms with Crippen molar-refractivity contribution in [3.05, 3.63) is 24.3 Å². The monoisotopic (exact) mass is 319 g/mol. The lowest BCUT2D eigenvalue weighted by Crippen LogP contribution is -2.44. The Morgan fingerprint density at radius 1 is 1.43 bits per heavy atom. The molecule has 1 aromatic carbocycles. The van der Waals surface area contributed by atoms with E-state index in [1.165, 1.54) is 0 Å². The molecule has 1 amide bonds. The average Bonchev–Trinajstić information content (AvgIpc) is 2.94. The number of para-hydroxylation sites is 2. The second-order valence-electron chi connectivity index (χ2n) is 6.78. The van der Waals surface area contributed by atoms with E-state index in [1.54, 1.807) is 0 Å². The summed E-state index contributed by atoms with van der Waals surface area (Å²) in [5.41, 5.74) is 5.94. The van der Waals surface area contributed by atoms with Gasteiger partial charge >= 0.3 is 0 Å². The highest BCUT2D eigenvalue weighted by molar-refractivity contribution is 5.78. The van der Waals surface area contributed by atoms with Gasteiger partial charge < -0.3 is 20.5 Å². The minimum absolute atomic E-state index is 0.0220. The molecule has 0 bridgehead atoms. The number of hydrogen-bond donors (Lipinski definition) is 2. The summed E-state index contributed by atoms with van der Waals surface area (Å²) in [5, 5.41) is 2.94. The second kappa shape index (κ2) is 6.76. The number of amides is 1. The fourth-order valence-electron chi connectivity index (χ4n) is 3.08. The van der Waals surface area contributed by atoms with Gasteiger partial charge in [0.05, 0.1) is 13.1 Å². The van der Waals surface area contributed by atoms with Crippen LogP contribution in [0, 0.1) is 5.41 Å². The lowest BCUT2D eigenvalue weighted by atomic mass is 9.90. The molecule has 1 saturated heterocycles. The van der Waals surface area contributed by atoms with Crippen molar-refractivity contribution in [2.75, 3.05) is 39.3 Å². The Labute approximate surface area is 136 Å². The number of benzene rings is 1. The molecule has 0 aromatic heterocycles. The topological polar surface area (TPSA) is 76.8 Å². The molecule has 3 N–H and O–H groups in total. The minimum Gasteiger partial charge on any atom is -0.486 e. The Bertz CT molecular complexity index is 566. The molecule has 2 heterocycles. The summed E-state index contributed by atoms with van der Waals surface area (Å²) in [6.45, 7) is 5.97. The van der Waals surface area contributed by atoms with Gasteiger partial charge in [-0.05, 0) is 37.1 Å². The van der Waals surface area contributed by atoms with Crippen molar-refractivity contribution >= 4 is 5.91 Å². The van der Waals surface area contributed by atoms with Crippen LogP contribution in [0.15, 0.2) is 24.3 Å². The largest absolute Gasteiger partial charge is 0.486 e. The molecule has 126 valence electrons. The Morgan fingerprint density at radius 2 is 2.22 bits per heavy atom. The standard InChI is InChI=1S/C17H25N3O3/c1-17(11-18)6-7-20(12-17)9-16(21)19-8-13-10-22-14-4-2-3-5-15(14)23-13/h2-5,13H,6-12,18H2,1H3,(H,19,21). The first-order valence-electron chi connectivity index (χ1n) is 8.16. The van der Waals surface area contributed by atoms with Gasteiger partial charge in [0.2, 0.25) is 5.91 Å². The molecule has 0 radical (unpaired) electrons. The summed E-state index contributed by atoms with van der Waals surface area (Å²) in [4.78, 5) is 14.3. The Balaban J connectivity index is 1.42. The fourth-order valence-corrected chi connectivity index (χ4v) is 3.08. The number of rotatable bonds is 5. The molecule has 0 spiro atoms. The van der Waals surface area contributed by atoms with Crippen LogP contribution in [0.25, 0.3) is 0 Å². The molecule has 2 unspecified atom stereocenters. The number of nitrogens with one attached hydrogen (secondary N) is 1. The van der Waals surface area contributed by atoms with Crippen LogP contribution in [-0.2, 0) is 4.79 Å². The number of ether oxygens (including phenoxy) is 2. The molecule has 6 nitrogen and oxygen atoms in total. The van der Waals surface area contributed by atoms with Gasteiger partial charge in [0.1, 0.15) is 12.7 Å². The molecule has 1 aromatic rings. The van der Waals surface area contributed by atoms with Crippen molar-refractivity contribution in [2.45, 2.75) is 19.4 Å². The molecule has 23 heavy (non-hydrogen) atoms. The highest BCUT2D eigenvalue weighted by atomic mass is 16.6. The molecule has 1 fully saturated rings. The number of carbonyl (C=O) groups is 1. The maximum absolute atomic E-state index is 12.1. The predicted octanol–water partition coefficient (Wildman–Crippen LogP) is 0.613. The van der Waals surface area contributed by atoms with Crippen LogP contribution < -0.4 is 20.5 Å². The zero-order chi connectivity index (χ0) is 16.3. The van der Waals surface area contributed by atoms with Crippen LogP contribution in [0.5, 0.6) is 11.5 Å². The summed E-state index contributed by atoms with van der Waals surface area (Å²) in [6, 6.07) is 7.58. The number of nitrogens with zero attached hydrogens (tertiary/aromatic N) is 1. The lowest BCUT2D eigenvalue weighted by Gasteiger charge is -2.27. The zero-order valence-corrected chi connectivity index (χ0v) is 13.6. The molecule has 0 saturated carbocycles. The fraction of sp³-hybridized carbons (Fsp3) is 0.588. The molecule has 3 rings (SSSR count). The highest BCUT2D eigenvalue weighted by Gasteiger charge is 2.33. The van der Waals surface area contributed by atoms with Crippen LogP contribution in [-0.4, -0.2) is 56.2 Å². The van der Waals surface area contributed by atoms with E-state index in [1.807, 2.05) is 24.3 Å². The van der Waals surface area contributed by atoms with E-state index in [-0.39, 0.29) is 17.4 Å². The van der Waals surface area contributed by atoms with Crippen LogP contribution in [0.2, 0.25) is 0 Å². The first-order chi connectivity index (χ1) is 11.1. The van der Waals surface area contributed by atoms with Crippen molar-refractivity contribution in [1.82, 2.24) is 10.2 Å². The number of carbonyl (C=O) groups excluding carboxylic acids is 1. The van der Waals surface area contributed by atoms with Gasteiger partial charge in [-0.1, -0.05) is 19.1 Å². The van der Waals surface area contributed by atoms with E-state index < -0.39 is 0 Å². The number of hydrogen-bond acceptors (Lipinski definition) is 5. The molecule has 2 aliphatic rings. The summed E-state index contributed by atoms with van der Waals surface area (Å²) in [6.07, 6.45) is 0.898. The summed E-state index contributed by atoms with van der Waals surface area (Å²) < 4.78 is 11.5. The molecular weight excluding hydrogens is 294 g/mol.